The zero-order valence-electron chi connectivity index (χ0n) is 15.5. The molecule has 27 heavy (non-hydrogen) atoms. The predicted molar refractivity (Wildman–Crippen MR) is 104 cm³/mol. The van der Waals surface area contributed by atoms with Gasteiger partial charge in [0.05, 0.1) is 18.0 Å². The van der Waals surface area contributed by atoms with Crippen molar-refractivity contribution in [3.8, 4) is 11.4 Å². The summed E-state index contributed by atoms with van der Waals surface area (Å²) >= 11 is 0. The van der Waals surface area contributed by atoms with Gasteiger partial charge in [0.15, 0.2) is 0 Å². The van der Waals surface area contributed by atoms with Crippen LogP contribution >= 0.6 is 0 Å². The molecule has 2 N–H and O–H groups in total. The van der Waals surface area contributed by atoms with Crippen LogP contribution in [0.5, 0.6) is 0 Å². The van der Waals surface area contributed by atoms with E-state index < -0.39 is 0 Å². The first-order chi connectivity index (χ1) is 13.1. The lowest BCUT2D eigenvalue weighted by atomic mass is 9.95. The summed E-state index contributed by atoms with van der Waals surface area (Å²) in [4.78, 5) is 21.2. The van der Waals surface area contributed by atoms with Crippen LogP contribution in [-0.4, -0.2) is 27.1 Å². The number of carbonyl (C=O) groups excluding carboxylic acids is 1. The summed E-state index contributed by atoms with van der Waals surface area (Å²) in [6, 6.07) is 10.2. The van der Waals surface area contributed by atoms with Crippen LogP contribution in [0.2, 0.25) is 0 Å². The summed E-state index contributed by atoms with van der Waals surface area (Å²) < 4.78 is 7.30. The number of rotatable bonds is 4. The largest absolute Gasteiger partial charge is 0.461 e. The normalized spacial score (nSPS) is 12.4. The molecule has 0 spiro atoms. The third-order valence-electron chi connectivity index (χ3n) is 4.89. The van der Waals surface area contributed by atoms with E-state index in [1.807, 2.05) is 17.6 Å². The van der Waals surface area contributed by atoms with Gasteiger partial charge in [-0.05, 0) is 49.4 Å². The van der Waals surface area contributed by atoms with Crippen molar-refractivity contribution in [1.29, 1.82) is 0 Å². The van der Waals surface area contributed by atoms with E-state index in [-0.39, 0.29) is 11.9 Å². The number of ether oxygens (including phenoxy) is 1. The molecule has 4 rings (SSSR count). The summed E-state index contributed by atoms with van der Waals surface area (Å²) in [6.07, 6.45) is 3.45. The van der Waals surface area contributed by atoms with Gasteiger partial charge in [-0.15, -0.1) is 0 Å². The summed E-state index contributed by atoms with van der Waals surface area (Å²) in [5.74, 6) is -0.0787. The molecule has 0 amide bonds. The van der Waals surface area contributed by atoms with Crippen molar-refractivity contribution in [2.24, 2.45) is 0 Å². The van der Waals surface area contributed by atoms with Crippen molar-refractivity contribution in [2.75, 3.05) is 12.3 Å². The maximum Gasteiger partial charge on any atom is 0.354 e. The number of fused-ring (bicyclic) bond motifs is 3. The molecule has 0 saturated carbocycles. The second-order valence-electron chi connectivity index (χ2n) is 6.80. The van der Waals surface area contributed by atoms with Gasteiger partial charge >= 0.3 is 5.97 Å². The Bertz CT molecular complexity index is 1010. The number of esters is 1. The molecule has 0 bridgehead atoms. The first-order valence-corrected chi connectivity index (χ1v) is 9.13. The second kappa shape index (κ2) is 6.87. The van der Waals surface area contributed by atoms with Crippen molar-refractivity contribution < 1.29 is 9.53 Å². The molecule has 6 heteroatoms. The minimum Gasteiger partial charge on any atom is -0.461 e. The number of nitrogen functional groups attached to an aromatic ring is 1. The number of hydrogen-bond donors (Lipinski definition) is 1. The molecular weight excluding hydrogens is 340 g/mol. The van der Waals surface area contributed by atoms with Crippen LogP contribution in [0.4, 0.5) is 5.95 Å². The van der Waals surface area contributed by atoms with Crippen molar-refractivity contribution in [2.45, 2.75) is 33.2 Å². The van der Waals surface area contributed by atoms with Gasteiger partial charge in [0.1, 0.15) is 5.69 Å². The highest BCUT2D eigenvalue weighted by Crippen LogP contribution is 2.35. The number of hydrogen-bond acceptors (Lipinski definition) is 5. The lowest BCUT2D eigenvalue weighted by Crippen LogP contribution is -2.16. The summed E-state index contributed by atoms with van der Waals surface area (Å²) in [5.41, 5.74) is 12.6. The molecule has 1 aromatic carbocycles. The third-order valence-corrected chi connectivity index (χ3v) is 4.89. The molecule has 138 valence electrons. The van der Waals surface area contributed by atoms with Gasteiger partial charge in [0.2, 0.25) is 5.95 Å². The monoisotopic (exact) mass is 362 g/mol. The van der Waals surface area contributed by atoms with Gasteiger partial charge in [-0.25, -0.2) is 14.8 Å². The van der Waals surface area contributed by atoms with Gasteiger partial charge in [-0.2, -0.15) is 0 Å². The molecule has 0 unspecified atom stereocenters. The molecule has 1 aliphatic carbocycles. The molecular formula is C21H22N4O2. The SMILES string of the molecule is CCOC(=O)c1cc2c(n1Cc1ccc(C)cc1)-c1nc(N)ncc1CC2. The van der Waals surface area contributed by atoms with E-state index in [2.05, 4.69) is 41.2 Å². The number of nitrogens with zero attached hydrogens (tertiary/aromatic N) is 3. The number of aryl methyl sites for hydroxylation is 3. The minimum atomic E-state index is -0.317. The Balaban J connectivity index is 1.88. The summed E-state index contributed by atoms with van der Waals surface area (Å²) in [7, 11) is 0. The fourth-order valence-corrected chi connectivity index (χ4v) is 3.57. The number of nitrogens with two attached hydrogens (primary N) is 1. The zero-order chi connectivity index (χ0) is 19.0. The summed E-state index contributed by atoms with van der Waals surface area (Å²) in [5, 5.41) is 0. The topological polar surface area (TPSA) is 83.0 Å². The molecule has 0 fully saturated rings. The Morgan fingerprint density at radius 2 is 1.96 bits per heavy atom. The van der Waals surface area contributed by atoms with Crippen LogP contribution in [0.15, 0.2) is 36.5 Å². The van der Waals surface area contributed by atoms with Crippen LogP contribution < -0.4 is 5.73 Å². The maximum absolute atomic E-state index is 12.6. The Labute approximate surface area is 158 Å². The molecule has 0 saturated heterocycles. The second-order valence-corrected chi connectivity index (χ2v) is 6.80. The van der Waals surface area contributed by atoms with E-state index in [4.69, 9.17) is 10.5 Å². The molecule has 2 heterocycles. The van der Waals surface area contributed by atoms with Crippen LogP contribution in [0.3, 0.4) is 0 Å². The minimum absolute atomic E-state index is 0.238. The van der Waals surface area contributed by atoms with E-state index in [9.17, 15) is 4.79 Å². The van der Waals surface area contributed by atoms with Gasteiger partial charge in [-0.3, -0.25) is 0 Å². The van der Waals surface area contributed by atoms with Crippen LogP contribution in [-0.2, 0) is 24.1 Å². The highest BCUT2D eigenvalue weighted by atomic mass is 16.5. The quantitative estimate of drug-likeness (QED) is 0.721. The molecule has 0 aliphatic heterocycles. The lowest BCUT2D eigenvalue weighted by Gasteiger charge is -2.19. The Morgan fingerprint density at radius 1 is 1.22 bits per heavy atom. The average Bonchev–Trinajstić information content (AvgIpc) is 3.03. The van der Waals surface area contributed by atoms with Crippen LogP contribution in [0.1, 0.15) is 39.7 Å². The highest BCUT2D eigenvalue weighted by molar-refractivity contribution is 5.90. The number of carbonyl (C=O) groups is 1. The van der Waals surface area contributed by atoms with E-state index in [1.165, 1.54) is 5.56 Å². The maximum atomic E-state index is 12.6. The summed E-state index contributed by atoms with van der Waals surface area (Å²) in [6.45, 7) is 4.77. The number of aromatic nitrogens is 3. The fourth-order valence-electron chi connectivity index (χ4n) is 3.57. The molecule has 1 aliphatic rings. The lowest BCUT2D eigenvalue weighted by molar-refractivity contribution is 0.0514. The van der Waals surface area contributed by atoms with Crippen molar-refractivity contribution in [3.05, 3.63) is 64.5 Å². The van der Waals surface area contributed by atoms with Gasteiger partial charge in [0.25, 0.3) is 0 Å². The first-order valence-electron chi connectivity index (χ1n) is 9.13. The molecule has 3 aromatic rings. The van der Waals surface area contributed by atoms with E-state index >= 15 is 0 Å². The van der Waals surface area contributed by atoms with Gasteiger partial charge in [-0.1, -0.05) is 29.8 Å². The van der Waals surface area contributed by atoms with Crippen molar-refractivity contribution in [1.82, 2.24) is 14.5 Å². The van der Waals surface area contributed by atoms with E-state index in [0.717, 1.165) is 40.9 Å². The first kappa shape index (κ1) is 17.3. The average molecular weight is 362 g/mol. The Hall–Kier alpha value is -3.15. The van der Waals surface area contributed by atoms with E-state index in [0.29, 0.717) is 18.8 Å². The molecule has 2 aromatic heterocycles. The smallest absolute Gasteiger partial charge is 0.354 e. The van der Waals surface area contributed by atoms with Gasteiger partial charge in [0, 0.05) is 12.7 Å². The fraction of sp³-hybridized carbons (Fsp3) is 0.286. The van der Waals surface area contributed by atoms with Gasteiger partial charge < -0.3 is 15.0 Å². The number of anilines is 1. The Kier molecular flexibility index (Phi) is 4.39. The van der Waals surface area contributed by atoms with Crippen molar-refractivity contribution in [3.63, 3.8) is 0 Å². The predicted octanol–water partition coefficient (Wildman–Crippen LogP) is 3.16. The van der Waals surface area contributed by atoms with Crippen LogP contribution in [0.25, 0.3) is 11.4 Å². The standard InChI is InChI=1S/C21H22N4O2/c1-3-27-20(26)17-10-15-8-9-16-11-23-21(22)24-18(16)19(15)25(17)12-14-6-4-13(2)5-7-14/h4-7,10-11H,3,8-9,12H2,1-2H3,(H2,22,23,24). The van der Waals surface area contributed by atoms with E-state index in [1.54, 1.807) is 6.20 Å². The molecule has 0 radical (unpaired) electrons. The zero-order valence-corrected chi connectivity index (χ0v) is 15.5. The number of benzene rings is 1. The van der Waals surface area contributed by atoms with Crippen LogP contribution in [0, 0.1) is 6.92 Å². The molecule has 0 atom stereocenters. The molecule has 6 nitrogen and oxygen atoms in total. The highest BCUT2D eigenvalue weighted by Gasteiger charge is 2.27. The van der Waals surface area contributed by atoms with Crippen molar-refractivity contribution >= 4 is 11.9 Å². The Morgan fingerprint density at radius 3 is 2.70 bits per heavy atom. The third kappa shape index (κ3) is 3.18.